The van der Waals surface area contributed by atoms with Crippen LogP contribution in [0.3, 0.4) is 0 Å². The van der Waals surface area contributed by atoms with Gasteiger partial charge in [-0.05, 0) is 12.1 Å². The SMILES string of the molecule is C=CC(=O)OCC(O)c1cccc(Cl)n1. The molecule has 1 aromatic rings. The molecule has 0 spiro atoms. The number of halogens is 1. The summed E-state index contributed by atoms with van der Waals surface area (Å²) < 4.78 is 4.66. The number of nitrogens with zero attached hydrogens (tertiary/aromatic N) is 1. The molecule has 1 rings (SSSR count). The minimum Gasteiger partial charge on any atom is -0.459 e. The molecule has 80 valence electrons. The minimum absolute atomic E-state index is 0.168. The Morgan fingerprint density at radius 2 is 2.47 bits per heavy atom. The molecule has 0 aliphatic rings. The summed E-state index contributed by atoms with van der Waals surface area (Å²) in [5, 5.41) is 9.84. The number of esters is 1. The summed E-state index contributed by atoms with van der Waals surface area (Å²) in [6, 6.07) is 4.84. The molecular formula is C10H10ClNO3. The van der Waals surface area contributed by atoms with Crippen molar-refractivity contribution in [2.45, 2.75) is 6.10 Å². The van der Waals surface area contributed by atoms with Gasteiger partial charge in [0.2, 0.25) is 0 Å². The van der Waals surface area contributed by atoms with E-state index in [2.05, 4.69) is 16.3 Å². The molecule has 1 aromatic heterocycles. The van der Waals surface area contributed by atoms with Crippen molar-refractivity contribution in [3.63, 3.8) is 0 Å². The van der Waals surface area contributed by atoms with E-state index in [0.717, 1.165) is 6.08 Å². The summed E-state index contributed by atoms with van der Waals surface area (Å²) in [5.74, 6) is -0.587. The molecule has 15 heavy (non-hydrogen) atoms. The average molecular weight is 228 g/mol. The summed E-state index contributed by atoms with van der Waals surface area (Å²) in [4.78, 5) is 14.6. The third kappa shape index (κ3) is 3.69. The van der Waals surface area contributed by atoms with Crippen molar-refractivity contribution in [2.24, 2.45) is 0 Å². The molecule has 0 aromatic carbocycles. The first kappa shape index (κ1) is 11.7. The Balaban J connectivity index is 2.57. The number of aliphatic hydroxyl groups excluding tert-OH is 1. The van der Waals surface area contributed by atoms with E-state index in [0.29, 0.717) is 5.69 Å². The number of hydrogen-bond acceptors (Lipinski definition) is 4. The van der Waals surface area contributed by atoms with Gasteiger partial charge in [-0.3, -0.25) is 0 Å². The van der Waals surface area contributed by atoms with Crippen molar-refractivity contribution in [2.75, 3.05) is 6.61 Å². The highest BCUT2D eigenvalue weighted by atomic mass is 35.5. The average Bonchev–Trinajstić information content (AvgIpc) is 2.25. The predicted octanol–water partition coefficient (Wildman–Crippen LogP) is 1.50. The molecule has 0 saturated heterocycles. The van der Waals surface area contributed by atoms with Crippen LogP contribution in [0.1, 0.15) is 11.8 Å². The van der Waals surface area contributed by atoms with Crippen molar-refractivity contribution in [1.29, 1.82) is 0 Å². The molecule has 0 aliphatic heterocycles. The maximum absolute atomic E-state index is 10.7. The minimum atomic E-state index is -0.979. The molecule has 1 heterocycles. The third-order valence-electron chi connectivity index (χ3n) is 1.63. The molecule has 0 saturated carbocycles. The van der Waals surface area contributed by atoms with Gasteiger partial charge in [-0.25, -0.2) is 9.78 Å². The van der Waals surface area contributed by atoms with Gasteiger partial charge in [0.05, 0.1) is 5.69 Å². The first-order valence-electron chi connectivity index (χ1n) is 4.23. The lowest BCUT2D eigenvalue weighted by Crippen LogP contribution is -2.11. The predicted molar refractivity (Wildman–Crippen MR) is 55.4 cm³/mol. The Labute approximate surface area is 92.2 Å². The second kappa shape index (κ2) is 5.48. The van der Waals surface area contributed by atoms with Crippen LogP contribution in [0.4, 0.5) is 0 Å². The fraction of sp³-hybridized carbons (Fsp3) is 0.200. The van der Waals surface area contributed by atoms with E-state index in [4.69, 9.17) is 11.6 Å². The zero-order valence-corrected chi connectivity index (χ0v) is 8.65. The van der Waals surface area contributed by atoms with Crippen LogP contribution in [-0.4, -0.2) is 22.7 Å². The van der Waals surface area contributed by atoms with Crippen LogP contribution in [-0.2, 0) is 9.53 Å². The second-order valence-electron chi connectivity index (χ2n) is 2.74. The zero-order chi connectivity index (χ0) is 11.3. The Kier molecular flexibility index (Phi) is 4.27. The molecule has 5 heteroatoms. The van der Waals surface area contributed by atoms with Crippen molar-refractivity contribution in [1.82, 2.24) is 4.98 Å². The number of carbonyl (C=O) groups excluding carboxylic acids is 1. The lowest BCUT2D eigenvalue weighted by Gasteiger charge is -2.09. The lowest BCUT2D eigenvalue weighted by atomic mass is 10.2. The van der Waals surface area contributed by atoms with Crippen molar-refractivity contribution >= 4 is 17.6 Å². The van der Waals surface area contributed by atoms with Crippen LogP contribution in [0.5, 0.6) is 0 Å². The summed E-state index contributed by atoms with van der Waals surface area (Å²) in [7, 11) is 0. The molecule has 0 bridgehead atoms. The van der Waals surface area contributed by atoms with Crippen molar-refractivity contribution < 1.29 is 14.6 Å². The number of ether oxygens (including phenoxy) is 1. The van der Waals surface area contributed by atoms with Gasteiger partial charge in [0.15, 0.2) is 0 Å². The third-order valence-corrected chi connectivity index (χ3v) is 1.84. The smallest absolute Gasteiger partial charge is 0.330 e. The number of carbonyl (C=O) groups is 1. The summed E-state index contributed by atoms with van der Waals surface area (Å²) in [6.45, 7) is 3.06. The fourth-order valence-corrected chi connectivity index (χ4v) is 1.09. The van der Waals surface area contributed by atoms with E-state index in [9.17, 15) is 9.90 Å². The first-order valence-corrected chi connectivity index (χ1v) is 4.61. The molecule has 0 fully saturated rings. The van der Waals surface area contributed by atoms with Gasteiger partial charge in [-0.2, -0.15) is 0 Å². The summed E-state index contributed by atoms with van der Waals surface area (Å²) in [5.41, 5.74) is 0.361. The Hall–Kier alpha value is -1.39. The standard InChI is InChI=1S/C10H10ClNO3/c1-2-10(14)15-6-8(13)7-4-3-5-9(11)12-7/h2-5,8,13H,1,6H2. The monoisotopic (exact) mass is 227 g/mol. The van der Waals surface area contributed by atoms with Gasteiger partial charge in [0.25, 0.3) is 0 Å². The van der Waals surface area contributed by atoms with Crippen LogP contribution in [0.15, 0.2) is 30.9 Å². The van der Waals surface area contributed by atoms with Gasteiger partial charge in [-0.1, -0.05) is 24.2 Å². The van der Waals surface area contributed by atoms with Gasteiger partial charge >= 0.3 is 5.97 Å². The van der Waals surface area contributed by atoms with Gasteiger partial charge in [0, 0.05) is 6.08 Å². The van der Waals surface area contributed by atoms with E-state index < -0.39 is 12.1 Å². The second-order valence-corrected chi connectivity index (χ2v) is 3.12. The van der Waals surface area contributed by atoms with Gasteiger partial charge in [-0.15, -0.1) is 0 Å². The number of aliphatic hydroxyl groups is 1. The van der Waals surface area contributed by atoms with Crippen molar-refractivity contribution in [3.05, 3.63) is 41.7 Å². The van der Waals surface area contributed by atoms with E-state index in [1.807, 2.05) is 0 Å². The number of aromatic nitrogens is 1. The normalized spacial score (nSPS) is 11.9. The topological polar surface area (TPSA) is 59.4 Å². The van der Waals surface area contributed by atoms with Gasteiger partial charge in [0.1, 0.15) is 17.9 Å². The molecule has 1 atom stereocenters. The number of rotatable bonds is 4. The highest BCUT2D eigenvalue weighted by Gasteiger charge is 2.11. The molecule has 0 radical (unpaired) electrons. The van der Waals surface area contributed by atoms with Crippen LogP contribution < -0.4 is 0 Å². The summed E-state index contributed by atoms with van der Waals surface area (Å²) >= 11 is 5.63. The van der Waals surface area contributed by atoms with Crippen LogP contribution in [0.25, 0.3) is 0 Å². The highest BCUT2D eigenvalue weighted by molar-refractivity contribution is 6.29. The quantitative estimate of drug-likeness (QED) is 0.481. The van der Waals surface area contributed by atoms with Crippen LogP contribution >= 0.6 is 11.6 Å². The Morgan fingerprint density at radius 3 is 3.07 bits per heavy atom. The summed E-state index contributed by atoms with van der Waals surface area (Å²) in [6.07, 6.45) is 0.0468. The molecule has 1 unspecified atom stereocenters. The van der Waals surface area contributed by atoms with E-state index in [1.54, 1.807) is 18.2 Å². The first-order chi connectivity index (χ1) is 7.13. The maximum Gasteiger partial charge on any atom is 0.330 e. The van der Waals surface area contributed by atoms with Gasteiger partial charge < -0.3 is 9.84 Å². The van der Waals surface area contributed by atoms with E-state index in [-0.39, 0.29) is 11.8 Å². The largest absolute Gasteiger partial charge is 0.459 e. The maximum atomic E-state index is 10.7. The Morgan fingerprint density at radius 1 is 1.73 bits per heavy atom. The van der Waals surface area contributed by atoms with Crippen LogP contribution in [0, 0.1) is 0 Å². The van der Waals surface area contributed by atoms with E-state index in [1.165, 1.54) is 0 Å². The van der Waals surface area contributed by atoms with Crippen molar-refractivity contribution in [3.8, 4) is 0 Å². The van der Waals surface area contributed by atoms with E-state index >= 15 is 0 Å². The highest BCUT2D eigenvalue weighted by Crippen LogP contribution is 2.13. The number of hydrogen-bond donors (Lipinski definition) is 1. The molecule has 0 aliphatic carbocycles. The number of pyridine rings is 1. The molecule has 1 N–H and O–H groups in total. The zero-order valence-electron chi connectivity index (χ0n) is 7.89. The molecule has 0 amide bonds. The fourth-order valence-electron chi connectivity index (χ4n) is 0.915. The molecular weight excluding hydrogens is 218 g/mol. The van der Waals surface area contributed by atoms with Crippen LogP contribution in [0.2, 0.25) is 5.15 Å². The molecule has 4 nitrogen and oxygen atoms in total. The lowest BCUT2D eigenvalue weighted by molar-refractivity contribution is -0.140. The Bertz CT molecular complexity index is 367.